The summed E-state index contributed by atoms with van der Waals surface area (Å²) < 4.78 is 18.9. The Labute approximate surface area is 161 Å². The van der Waals surface area contributed by atoms with E-state index in [1.165, 1.54) is 18.2 Å². The number of hydrogen-bond donors (Lipinski definition) is 2. The molecule has 0 saturated carbocycles. The van der Waals surface area contributed by atoms with E-state index in [-0.39, 0.29) is 5.91 Å². The fraction of sp³-hybridized carbons (Fsp3) is 0.0909. The topological polar surface area (TPSA) is 67.4 Å². The number of nitrogens with one attached hydrogen (secondary N) is 2. The van der Waals surface area contributed by atoms with Gasteiger partial charge in [-0.05, 0) is 48.0 Å². The molecule has 6 heteroatoms. The standard InChI is InChI=1S/C22H17FN2O3/c23-16-7-4-9-18(13-16)24-21(26)15-6-3-8-17(11-15)25-22(27)20-12-14-5-1-2-10-19(14)28-20/h1-11,13,20H,12H2,(H,24,26)(H,25,27). The third kappa shape index (κ3) is 3.86. The zero-order valence-electron chi connectivity index (χ0n) is 14.8. The molecule has 0 saturated heterocycles. The van der Waals surface area contributed by atoms with Crippen LogP contribution in [-0.4, -0.2) is 17.9 Å². The molecule has 1 aliphatic rings. The first-order valence-electron chi connectivity index (χ1n) is 8.81. The van der Waals surface area contributed by atoms with Crippen LogP contribution < -0.4 is 15.4 Å². The van der Waals surface area contributed by atoms with Crippen molar-refractivity contribution in [3.05, 3.63) is 89.7 Å². The van der Waals surface area contributed by atoms with Crippen LogP contribution in [0.5, 0.6) is 5.75 Å². The van der Waals surface area contributed by atoms with E-state index < -0.39 is 17.8 Å². The van der Waals surface area contributed by atoms with Gasteiger partial charge in [-0.2, -0.15) is 0 Å². The molecule has 5 nitrogen and oxygen atoms in total. The third-order valence-electron chi connectivity index (χ3n) is 4.41. The Bertz CT molecular complexity index is 1030. The fourth-order valence-electron chi connectivity index (χ4n) is 3.06. The lowest BCUT2D eigenvalue weighted by Gasteiger charge is -2.12. The van der Waals surface area contributed by atoms with Gasteiger partial charge >= 0.3 is 0 Å². The molecule has 0 bridgehead atoms. The number of carbonyl (C=O) groups is 2. The number of benzene rings is 3. The molecule has 140 valence electrons. The number of fused-ring (bicyclic) bond motifs is 1. The highest BCUT2D eigenvalue weighted by molar-refractivity contribution is 6.05. The second-order valence-corrected chi connectivity index (χ2v) is 6.45. The summed E-state index contributed by atoms with van der Waals surface area (Å²) in [6.07, 6.45) is -0.107. The van der Waals surface area contributed by atoms with Crippen LogP contribution in [0.15, 0.2) is 72.8 Å². The van der Waals surface area contributed by atoms with Gasteiger partial charge in [-0.15, -0.1) is 0 Å². The molecule has 3 aromatic rings. The van der Waals surface area contributed by atoms with E-state index in [1.54, 1.807) is 30.3 Å². The minimum absolute atomic E-state index is 0.279. The van der Waals surface area contributed by atoms with Crippen LogP contribution in [0.3, 0.4) is 0 Å². The predicted octanol–water partition coefficient (Wildman–Crippen LogP) is 4.02. The van der Waals surface area contributed by atoms with Crippen molar-refractivity contribution in [3.8, 4) is 5.75 Å². The molecule has 0 aliphatic carbocycles. The van der Waals surface area contributed by atoms with Gasteiger partial charge in [0.1, 0.15) is 11.6 Å². The maximum atomic E-state index is 13.3. The van der Waals surface area contributed by atoms with Crippen LogP contribution in [-0.2, 0) is 11.2 Å². The molecular weight excluding hydrogens is 359 g/mol. The van der Waals surface area contributed by atoms with E-state index in [0.29, 0.717) is 29.1 Å². The van der Waals surface area contributed by atoms with Gasteiger partial charge in [0.15, 0.2) is 6.10 Å². The Morgan fingerprint density at radius 2 is 1.64 bits per heavy atom. The van der Waals surface area contributed by atoms with Gasteiger partial charge in [0.2, 0.25) is 0 Å². The van der Waals surface area contributed by atoms with Crippen molar-refractivity contribution in [2.75, 3.05) is 10.6 Å². The highest BCUT2D eigenvalue weighted by Gasteiger charge is 2.28. The van der Waals surface area contributed by atoms with Crippen molar-refractivity contribution in [2.24, 2.45) is 0 Å². The van der Waals surface area contributed by atoms with Gasteiger partial charge in [0.25, 0.3) is 11.8 Å². The summed E-state index contributed by atoms with van der Waals surface area (Å²) in [5.41, 5.74) is 2.18. The number of anilines is 2. The summed E-state index contributed by atoms with van der Waals surface area (Å²) in [6.45, 7) is 0. The monoisotopic (exact) mass is 376 g/mol. The molecule has 28 heavy (non-hydrogen) atoms. The minimum atomic E-state index is -0.609. The SMILES string of the molecule is O=C(Nc1cccc(F)c1)c1cccc(NC(=O)C2Cc3ccccc3O2)c1. The van der Waals surface area contributed by atoms with Crippen LogP contribution in [0, 0.1) is 5.82 Å². The van der Waals surface area contributed by atoms with Gasteiger partial charge in [0, 0.05) is 23.4 Å². The molecule has 3 aromatic carbocycles. The highest BCUT2D eigenvalue weighted by atomic mass is 19.1. The molecule has 2 amide bonds. The molecule has 0 spiro atoms. The number of rotatable bonds is 4. The highest BCUT2D eigenvalue weighted by Crippen LogP contribution is 2.28. The van der Waals surface area contributed by atoms with E-state index in [9.17, 15) is 14.0 Å². The zero-order chi connectivity index (χ0) is 19.5. The number of amides is 2. The smallest absolute Gasteiger partial charge is 0.265 e. The summed E-state index contributed by atoms with van der Waals surface area (Å²) in [6, 6.07) is 19.7. The van der Waals surface area contributed by atoms with Crippen molar-refractivity contribution in [1.82, 2.24) is 0 Å². The Kier molecular flexibility index (Phi) is 4.76. The Morgan fingerprint density at radius 3 is 2.43 bits per heavy atom. The third-order valence-corrected chi connectivity index (χ3v) is 4.41. The predicted molar refractivity (Wildman–Crippen MR) is 104 cm³/mol. The van der Waals surface area contributed by atoms with Gasteiger partial charge in [-0.25, -0.2) is 4.39 Å². The lowest BCUT2D eigenvalue weighted by molar-refractivity contribution is -0.122. The molecular formula is C22H17FN2O3. The molecule has 1 atom stereocenters. The van der Waals surface area contributed by atoms with Crippen molar-refractivity contribution in [1.29, 1.82) is 0 Å². The normalized spacial score (nSPS) is 14.7. The van der Waals surface area contributed by atoms with E-state index in [4.69, 9.17) is 4.74 Å². The van der Waals surface area contributed by atoms with Crippen LogP contribution >= 0.6 is 0 Å². The zero-order valence-corrected chi connectivity index (χ0v) is 14.8. The summed E-state index contributed by atoms with van der Waals surface area (Å²) in [4.78, 5) is 24.9. The first kappa shape index (κ1) is 17.7. The Morgan fingerprint density at radius 1 is 0.893 bits per heavy atom. The van der Waals surface area contributed by atoms with Crippen molar-refractivity contribution >= 4 is 23.2 Å². The average molecular weight is 376 g/mol. The maximum absolute atomic E-state index is 13.3. The molecule has 0 aromatic heterocycles. The van der Waals surface area contributed by atoms with E-state index in [0.717, 1.165) is 5.56 Å². The Balaban J connectivity index is 1.42. The lowest BCUT2D eigenvalue weighted by atomic mass is 10.1. The summed E-state index contributed by atoms with van der Waals surface area (Å²) in [5, 5.41) is 5.41. The molecule has 0 radical (unpaired) electrons. The minimum Gasteiger partial charge on any atom is -0.480 e. The quantitative estimate of drug-likeness (QED) is 0.723. The van der Waals surface area contributed by atoms with Crippen molar-refractivity contribution < 1.29 is 18.7 Å². The fourth-order valence-corrected chi connectivity index (χ4v) is 3.06. The van der Waals surface area contributed by atoms with Gasteiger partial charge < -0.3 is 15.4 Å². The number of hydrogen-bond acceptors (Lipinski definition) is 3. The average Bonchev–Trinajstić information content (AvgIpc) is 3.13. The van der Waals surface area contributed by atoms with Crippen molar-refractivity contribution in [3.63, 3.8) is 0 Å². The second-order valence-electron chi connectivity index (χ2n) is 6.45. The summed E-state index contributed by atoms with van der Waals surface area (Å²) >= 11 is 0. The second kappa shape index (κ2) is 7.52. The van der Waals surface area contributed by atoms with Crippen LogP contribution in [0.1, 0.15) is 15.9 Å². The number of ether oxygens (including phenoxy) is 1. The molecule has 2 N–H and O–H groups in total. The van der Waals surface area contributed by atoms with Gasteiger partial charge in [0.05, 0.1) is 0 Å². The number of carbonyl (C=O) groups excluding carboxylic acids is 2. The summed E-state index contributed by atoms with van der Waals surface area (Å²) in [7, 11) is 0. The Hall–Kier alpha value is -3.67. The van der Waals surface area contributed by atoms with E-state index in [2.05, 4.69) is 10.6 Å². The van der Waals surface area contributed by atoms with Crippen molar-refractivity contribution in [2.45, 2.75) is 12.5 Å². The number of para-hydroxylation sites is 1. The van der Waals surface area contributed by atoms with Gasteiger partial charge in [-0.1, -0.05) is 30.3 Å². The lowest BCUT2D eigenvalue weighted by Crippen LogP contribution is -2.31. The molecule has 0 fully saturated rings. The first-order chi connectivity index (χ1) is 13.6. The number of halogens is 1. The molecule has 1 aliphatic heterocycles. The molecule has 1 unspecified atom stereocenters. The molecule has 1 heterocycles. The van der Waals surface area contributed by atoms with Crippen LogP contribution in [0.25, 0.3) is 0 Å². The molecule has 4 rings (SSSR count). The van der Waals surface area contributed by atoms with E-state index >= 15 is 0 Å². The van der Waals surface area contributed by atoms with Crippen LogP contribution in [0.4, 0.5) is 15.8 Å². The van der Waals surface area contributed by atoms with Gasteiger partial charge in [-0.3, -0.25) is 9.59 Å². The first-order valence-corrected chi connectivity index (χ1v) is 8.81. The van der Waals surface area contributed by atoms with E-state index in [1.807, 2.05) is 24.3 Å². The maximum Gasteiger partial charge on any atom is 0.265 e. The summed E-state index contributed by atoms with van der Waals surface area (Å²) in [5.74, 6) is -0.396. The van der Waals surface area contributed by atoms with Crippen LogP contribution in [0.2, 0.25) is 0 Å². The largest absolute Gasteiger partial charge is 0.480 e.